The van der Waals surface area contributed by atoms with Crippen molar-refractivity contribution in [3.05, 3.63) is 65.2 Å². The minimum absolute atomic E-state index is 0.0695. The molecule has 0 aromatic heterocycles. The zero-order chi connectivity index (χ0) is 20.5. The van der Waals surface area contributed by atoms with Crippen molar-refractivity contribution in [2.75, 3.05) is 11.9 Å². The number of anilines is 1. The molecule has 0 unspecified atom stereocenters. The summed E-state index contributed by atoms with van der Waals surface area (Å²) in [5, 5.41) is 13.7. The number of aryl methyl sites for hydroxylation is 1. The topological polar surface area (TPSA) is 95.5 Å². The molecule has 2 rings (SSSR count). The van der Waals surface area contributed by atoms with Crippen molar-refractivity contribution in [2.24, 2.45) is 0 Å². The SMILES string of the molecule is CC(C)c1ccc(CCC(=O)Nc2ccc(CC(=O)NCC(=O)O)cc2)cc1. The number of hydrogen-bond acceptors (Lipinski definition) is 3. The highest BCUT2D eigenvalue weighted by molar-refractivity contribution is 5.91. The lowest BCUT2D eigenvalue weighted by Crippen LogP contribution is -2.30. The molecule has 0 saturated carbocycles. The van der Waals surface area contributed by atoms with Gasteiger partial charge in [-0.1, -0.05) is 50.2 Å². The van der Waals surface area contributed by atoms with Crippen LogP contribution in [0.3, 0.4) is 0 Å². The van der Waals surface area contributed by atoms with Gasteiger partial charge in [-0.05, 0) is 41.2 Å². The number of carboxylic acids is 1. The van der Waals surface area contributed by atoms with Crippen molar-refractivity contribution in [2.45, 2.75) is 39.0 Å². The third kappa shape index (κ3) is 7.23. The number of rotatable bonds is 9. The van der Waals surface area contributed by atoms with Crippen LogP contribution in [0.25, 0.3) is 0 Å². The first-order valence-electron chi connectivity index (χ1n) is 9.29. The van der Waals surface area contributed by atoms with Crippen LogP contribution < -0.4 is 10.6 Å². The molecular weight excluding hydrogens is 356 g/mol. The lowest BCUT2D eigenvalue weighted by atomic mass is 10.0. The van der Waals surface area contributed by atoms with Gasteiger partial charge in [0, 0.05) is 12.1 Å². The second kappa shape index (κ2) is 10.3. The zero-order valence-electron chi connectivity index (χ0n) is 16.2. The van der Waals surface area contributed by atoms with Crippen LogP contribution in [0.2, 0.25) is 0 Å². The van der Waals surface area contributed by atoms with E-state index in [2.05, 4.69) is 48.7 Å². The maximum absolute atomic E-state index is 12.1. The Morgan fingerprint density at radius 1 is 0.893 bits per heavy atom. The fourth-order valence-electron chi connectivity index (χ4n) is 2.68. The van der Waals surface area contributed by atoms with Crippen molar-refractivity contribution in [3.63, 3.8) is 0 Å². The van der Waals surface area contributed by atoms with Crippen molar-refractivity contribution < 1.29 is 19.5 Å². The van der Waals surface area contributed by atoms with Gasteiger partial charge in [-0.2, -0.15) is 0 Å². The second-order valence-corrected chi connectivity index (χ2v) is 6.99. The van der Waals surface area contributed by atoms with Gasteiger partial charge in [0.15, 0.2) is 0 Å². The fourth-order valence-corrected chi connectivity index (χ4v) is 2.68. The number of hydrogen-bond donors (Lipinski definition) is 3. The third-order valence-corrected chi connectivity index (χ3v) is 4.33. The van der Waals surface area contributed by atoms with Crippen LogP contribution in [-0.4, -0.2) is 29.4 Å². The van der Waals surface area contributed by atoms with Gasteiger partial charge in [0.2, 0.25) is 11.8 Å². The van der Waals surface area contributed by atoms with Crippen LogP contribution in [0.5, 0.6) is 0 Å². The third-order valence-electron chi connectivity index (χ3n) is 4.33. The molecule has 3 N–H and O–H groups in total. The van der Waals surface area contributed by atoms with Gasteiger partial charge < -0.3 is 15.7 Å². The Balaban J connectivity index is 1.78. The lowest BCUT2D eigenvalue weighted by Gasteiger charge is -2.08. The molecule has 0 fully saturated rings. The van der Waals surface area contributed by atoms with Gasteiger partial charge in [0.1, 0.15) is 6.54 Å². The average molecular weight is 382 g/mol. The van der Waals surface area contributed by atoms with Gasteiger partial charge in [0.25, 0.3) is 0 Å². The highest BCUT2D eigenvalue weighted by Crippen LogP contribution is 2.16. The summed E-state index contributed by atoms with van der Waals surface area (Å²) >= 11 is 0. The summed E-state index contributed by atoms with van der Waals surface area (Å²) in [6.45, 7) is 3.90. The Labute approximate surface area is 165 Å². The highest BCUT2D eigenvalue weighted by Gasteiger charge is 2.07. The van der Waals surface area contributed by atoms with Gasteiger partial charge in [-0.25, -0.2) is 0 Å². The van der Waals surface area contributed by atoms with Gasteiger partial charge >= 0.3 is 5.97 Å². The highest BCUT2D eigenvalue weighted by atomic mass is 16.4. The van der Waals surface area contributed by atoms with E-state index >= 15 is 0 Å². The lowest BCUT2D eigenvalue weighted by molar-refractivity contribution is -0.137. The van der Waals surface area contributed by atoms with Crippen LogP contribution >= 0.6 is 0 Å². The molecule has 0 heterocycles. The molecule has 0 saturated heterocycles. The van der Waals surface area contributed by atoms with Crippen molar-refractivity contribution in [3.8, 4) is 0 Å². The van der Waals surface area contributed by atoms with Crippen LogP contribution in [0, 0.1) is 0 Å². The predicted octanol–water partition coefficient (Wildman–Crippen LogP) is 3.12. The molecule has 28 heavy (non-hydrogen) atoms. The van der Waals surface area contributed by atoms with Gasteiger partial charge in [0.05, 0.1) is 6.42 Å². The van der Waals surface area contributed by atoms with E-state index in [4.69, 9.17) is 5.11 Å². The number of carboxylic acid groups (broad SMARTS) is 1. The summed E-state index contributed by atoms with van der Waals surface area (Å²) in [4.78, 5) is 34.2. The van der Waals surface area contributed by atoms with E-state index in [0.29, 0.717) is 24.4 Å². The summed E-state index contributed by atoms with van der Waals surface area (Å²) in [6, 6.07) is 15.3. The van der Waals surface area contributed by atoms with Crippen LogP contribution in [0.15, 0.2) is 48.5 Å². The monoisotopic (exact) mass is 382 g/mol. The number of aliphatic carboxylic acids is 1. The molecule has 0 bridgehead atoms. The molecular formula is C22H26N2O4. The fraction of sp³-hybridized carbons (Fsp3) is 0.318. The quantitative estimate of drug-likeness (QED) is 0.621. The molecule has 0 aliphatic heterocycles. The smallest absolute Gasteiger partial charge is 0.322 e. The summed E-state index contributed by atoms with van der Waals surface area (Å²) in [7, 11) is 0. The Morgan fingerprint density at radius 3 is 2.07 bits per heavy atom. The molecule has 0 spiro atoms. The molecule has 2 aromatic rings. The standard InChI is InChI=1S/C22H26N2O4/c1-15(2)18-8-3-16(4-9-18)7-12-20(25)24-19-10-5-17(6-11-19)13-21(26)23-14-22(27)28/h3-6,8-11,15H,7,12-14H2,1-2H3,(H,23,26)(H,24,25)(H,27,28). The number of carbonyl (C=O) groups is 3. The molecule has 148 valence electrons. The maximum atomic E-state index is 12.1. The van der Waals surface area contributed by atoms with Gasteiger partial charge in [-0.3, -0.25) is 14.4 Å². The Hall–Kier alpha value is -3.15. The van der Waals surface area contributed by atoms with E-state index in [9.17, 15) is 14.4 Å². The molecule has 2 amide bonds. The van der Waals surface area contributed by atoms with E-state index < -0.39 is 12.5 Å². The number of carbonyl (C=O) groups excluding carboxylic acids is 2. The average Bonchev–Trinajstić information content (AvgIpc) is 2.66. The number of benzene rings is 2. The molecule has 6 heteroatoms. The molecule has 2 aromatic carbocycles. The summed E-state index contributed by atoms with van der Waals surface area (Å²) in [6.07, 6.45) is 1.15. The van der Waals surface area contributed by atoms with E-state index in [-0.39, 0.29) is 18.2 Å². The van der Waals surface area contributed by atoms with Crippen LogP contribution in [0.4, 0.5) is 5.69 Å². The number of amides is 2. The van der Waals surface area contributed by atoms with Crippen LogP contribution in [0.1, 0.15) is 42.9 Å². The van der Waals surface area contributed by atoms with Crippen molar-refractivity contribution in [1.29, 1.82) is 0 Å². The largest absolute Gasteiger partial charge is 0.480 e. The van der Waals surface area contributed by atoms with E-state index in [1.807, 2.05) is 0 Å². The van der Waals surface area contributed by atoms with Crippen molar-refractivity contribution >= 4 is 23.5 Å². The second-order valence-electron chi connectivity index (χ2n) is 6.99. The minimum Gasteiger partial charge on any atom is -0.480 e. The van der Waals surface area contributed by atoms with E-state index in [0.717, 1.165) is 11.1 Å². The van der Waals surface area contributed by atoms with Crippen LogP contribution in [-0.2, 0) is 27.2 Å². The molecule has 0 aliphatic carbocycles. The molecule has 0 radical (unpaired) electrons. The molecule has 0 aliphatic rings. The first-order chi connectivity index (χ1) is 13.3. The van der Waals surface area contributed by atoms with E-state index in [1.165, 1.54) is 5.56 Å². The zero-order valence-corrected chi connectivity index (χ0v) is 16.2. The Bertz CT molecular complexity index is 811. The minimum atomic E-state index is -1.08. The first-order valence-corrected chi connectivity index (χ1v) is 9.29. The van der Waals surface area contributed by atoms with Crippen molar-refractivity contribution in [1.82, 2.24) is 5.32 Å². The van der Waals surface area contributed by atoms with E-state index in [1.54, 1.807) is 24.3 Å². The first kappa shape index (κ1) is 21.2. The normalized spacial score (nSPS) is 10.5. The maximum Gasteiger partial charge on any atom is 0.322 e. The molecule has 0 atom stereocenters. The van der Waals surface area contributed by atoms with Gasteiger partial charge in [-0.15, -0.1) is 0 Å². The summed E-state index contributed by atoms with van der Waals surface area (Å²) in [5.41, 5.74) is 3.81. The number of nitrogens with one attached hydrogen (secondary N) is 2. The Kier molecular flexibility index (Phi) is 7.75. The predicted molar refractivity (Wildman–Crippen MR) is 108 cm³/mol. The Morgan fingerprint density at radius 2 is 1.50 bits per heavy atom. The molecule has 6 nitrogen and oxygen atoms in total. The summed E-state index contributed by atoms with van der Waals surface area (Å²) < 4.78 is 0. The summed E-state index contributed by atoms with van der Waals surface area (Å²) in [5.74, 6) is -1.02.